The highest BCUT2D eigenvalue weighted by atomic mass is 35.5. The lowest BCUT2D eigenvalue weighted by atomic mass is 9.96. The monoisotopic (exact) mass is 562 g/mol. The number of benzene rings is 1. The molecule has 12 heteroatoms. The van der Waals surface area contributed by atoms with E-state index in [1.54, 1.807) is 24.3 Å². The van der Waals surface area contributed by atoms with Gasteiger partial charge in [0.25, 0.3) is 0 Å². The lowest BCUT2D eigenvalue weighted by Crippen LogP contribution is -2.32. The van der Waals surface area contributed by atoms with Crippen molar-refractivity contribution in [2.75, 3.05) is 12.3 Å². The lowest BCUT2D eigenvalue weighted by Gasteiger charge is -2.21. The van der Waals surface area contributed by atoms with Crippen LogP contribution < -0.4 is 10.5 Å². The molecule has 1 aromatic carbocycles. The molecule has 1 saturated carbocycles. The first-order valence-corrected chi connectivity index (χ1v) is 14.2. The van der Waals surface area contributed by atoms with Crippen molar-refractivity contribution in [1.29, 1.82) is 0 Å². The predicted octanol–water partition coefficient (Wildman–Crippen LogP) is 4.10. The number of nitrogens with two attached hydrogens (primary N) is 1. The van der Waals surface area contributed by atoms with Gasteiger partial charge in [0, 0.05) is 21.3 Å². The van der Waals surface area contributed by atoms with Crippen LogP contribution in [0.15, 0.2) is 48.7 Å². The summed E-state index contributed by atoms with van der Waals surface area (Å²) in [6, 6.07) is 9.69. The number of halogens is 2. The fourth-order valence-corrected chi connectivity index (χ4v) is 7.06. The molecule has 8 nitrogen and oxygen atoms in total. The van der Waals surface area contributed by atoms with E-state index in [2.05, 4.69) is 14.7 Å². The van der Waals surface area contributed by atoms with Crippen LogP contribution in [0.2, 0.25) is 5.02 Å². The van der Waals surface area contributed by atoms with Gasteiger partial charge in [0.05, 0.1) is 34.3 Å². The number of thiophene rings is 1. The zero-order chi connectivity index (χ0) is 26.5. The maximum atomic E-state index is 14.7. The van der Waals surface area contributed by atoms with Crippen molar-refractivity contribution >= 4 is 48.9 Å². The molecule has 0 saturated heterocycles. The standard InChI is InChI=1S/C25H24ClFN4O4S2/c1-25(33,12-32)14-6-7-29-19(10-14)17-11-15(27)8-13-9-20(36-24(13)17)23(31-37(34,35)16-2-3-16)22-18(26)4-5-21(28)30-22/h4-11,16,23,31-33H,2-3,12H2,1H3,(H2,28,30). The Hall–Kier alpha value is -2.67. The first-order chi connectivity index (χ1) is 17.5. The van der Waals surface area contributed by atoms with Gasteiger partial charge in [0.2, 0.25) is 10.0 Å². The number of hydrogen-bond donors (Lipinski definition) is 4. The largest absolute Gasteiger partial charge is 0.393 e. The van der Waals surface area contributed by atoms with E-state index in [1.165, 1.54) is 42.7 Å². The molecule has 0 radical (unpaired) electrons. The van der Waals surface area contributed by atoms with E-state index < -0.39 is 39.3 Å². The van der Waals surface area contributed by atoms with E-state index in [0.29, 0.717) is 44.6 Å². The number of anilines is 1. The van der Waals surface area contributed by atoms with Crippen molar-refractivity contribution < 1.29 is 23.0 Å². The number of hydrogen-bond acceptors (Lipinski definition) is 8. The van der Waals surface area contributed by atoms with Gasteiger partial charge in [0.1, 0.15) is 17.2 Å². The molecule has 2 atom stereocenters. The Labute approximate surface area is 222 Å². The third-order valence-electron chi connectivity index (χ3n) is 6.26. The van der Waals surface area contributed by atoms with Gasteiger partial charge in [-0.15, -0.1) is 11.3 Å². The zero-order valence-corrected chi connectivity index (χ0v) is 22.0. The third kappa shape index (κ3) is 5.20. The van der Waals surface area contributed by atoms with E-state index in [4.69, 9.17) is 17.3 Å². The van der Waals surface area contributed by atoms with Crippen LogP contribution in [0.25, 0.3) is 21.3 Å². The van der Waals surface area contributed by atoms with Gasteiger partial charge in [-0.1, -0.05) is 11.6 Å². The Kier molecular flexibility index (Phi) is 6.71. The molecule has 37 heavy (non-hydrogen) atoms. The molecule has 2 unspecified atom stereocenters. The van der Waals surface area contributed by atoms with Crippen molar-refractivity contribution in [3.05, 3.63) is 75.6 Å². The molecule has 1 fully saturated rings. The van der Waals surface area contributed by atoms with E-state index >= 15 is 0 Å². The van der Waals surface area contributed by atoms with Crippen molar-refractivity contribution in [3.8, 4) is 11.3 Å². The average Bonchev–Trinajstić information content (AvgIpc) is 3.65. The fourth-order valence-electron chi connectivity index (χ4n) is 4.04. The van der Waals surface area contributed by atoms with Gasteiger partial charge in [-0.25, -0.2) is 22.5 Å². The van der Waals surface area contributed by atoms with Gasteiger partial charge < -0.3 is 15.9 Å². The molecule has 0 aliphatic heterocycles. The molecule has 0 bridgehead atoms. The highest BCUT2D eigenvalue weighted by molar-refractivity contribution is 7.90. The molecule has 194 valence electrons. The Morgan fingerprint density at radius 3 is 2.73 bits per heavy atom. The summed E-state index contributed by atoms with van der Waals surface area (Å²) in [4.78, 5) is 9.23. The summed E-state index contributed by atoms with van der Waals surface area (Å²) in [5.41, 5.74) is 5.90. The minimum Gasteiger partial charge on any atom is -0.393 e. The summed E-state index contributed by atoms with van der Waals surface area (Å²) in [6.45, 7) is 0.963. The highest BCUT2D eigenvalue weighted by Gasteiger charge is 2.38. The second-order valence-corrected chi connectivity index (χ2v) is 12.8. The molecule has 0 spiro atoms. The molecule has 0 amide bonds. The first kappa shape index (κ1) is 26.0. The molecular weight excluding hydrogens is 539 g/mol. The lowest BCUT2D eigenvalue weighted by molar-refractivity contribution is -0.00230. The SMILES string of the molecule is CC(O)(CO)c1ccnc(-c2cc(F)cc3cc(C(NS(=O)(=O)C4CC4)c4nc(N)ccc4Cl)sc23)c1. The molecule has 5 N–H and O–H groups in total. The number of nitrogens with one attached hydrogen (secondary N) is 1. The number of fused-ring (bicyclic) bond motifs is 1. The normalized spacial score (nSPS) is 16.6. The summed E-state index contributed by atoms with van der Waals surface area (Å²) in [5, 5.41) is 20.4. The Morgan fingerprint density at radius 1 is 1.27 bits per heavy atom. The van der Waals surface area contributed by atoms with Crippen LogP contribution in [0.3, 0.4) is 0 Å². The van der Waals surface area contributed by atoms with Gasteiger partial charge in [0.15, 0.2) is 0 Å². The van der Waals surface area contributed by atoms with Crippen LogP contribution in [0.5, 0.6) is 0 Å². The summed E-state index contributed by atoms with van der Waals surface area (Å²) >= 11 is 7.68. The van der Waals surface area contributed by atoms with Crippen molar-refractivity contribution in [1.82, 2.24) is 14.7 Å². The van der Waals surface area contributed by atoms with E-state index in [9.17, 15) is 23.0 Å². The number of aliphatic hydroxyl groups is 2. The van der Waals surface area contributed by atoms with Gasteiger partial charge in [-0.3, -0.25) is 4.98 Å². The van der Waals surface area contributed by atoms with Gasteiger partial charge in [-0.2, -0.15) is 0 Å². The van der Waals surface area contributed by atoms with Crippen LogP contribution in [-0.2, 0) is 15.6 Å². The van der Waals surface area contributed by atoms with Crippen LogP contribution in [0.1, 0.15) is 41.9 Å². The van der Waals surface area contributed by atoms with Gasteiger partial charge >= 0.3 is 0 Å². The van der Waals surface area contributed by atoms with Crippen LogP contribution >= 0.6 is 22.9 Å². The maximum Gasteiger partial charge on any atom is 0.215 e. The van der Waals surface area contributed by atoms with Crippen molar-refractivity contribution in [2.24, 2.45) is 0 Å². The molecule has 5 rings (SSSR count). The minimum absolute atomic E-state index is 0.180. The number of aliphatic hydroxyl groups excluding tert-OH is 1. The Bertz CT molecular complexity index is 1610. The van der Waals surface area contributed by atoms with E-state index in [0.717, 1.165) is 0 Å². The molecule has 3 heterocycles. The first-order valence-electron chi connectivity index (χ1n) is 11.4. The zero-order valence-electron chi connectivity index (χ0n) is 19.6. The molecule has 1 aliphatic carbocycles. The number of nitrogen functional groups attached to an aromatic ring is 1. The number of pyridine rings is 2. The van der Waals surface area contributed by atoms with Crippen LogP contribution in [0, 0.1) is 5.82 Å². The molecular formula is C25H24ClFN4O4S2. The van der Waals surface area contributed by atoms with Crippen molar-refractivity contribution in [2.45, 2.75) is 36.7 Å². The second-order valence-electron chi connectivity index (χ2n) is 9.28. The minimum atomic E-state index is -3.67. The topological polar surface area (TPSA) is 138 Å². The van der Waals surface area contributed by atoms with Crippen LogP contribution in [0.4, 0.5) is 10.2 Å². The third-order valence-corrected chi connectivity index (χ3v) is 9.75. The van der Waals surface area contributed by atoms with Crippen LogP contribution in [-0.4, -0.2) is 40.5 Å². The molecule has 1 aliphatic rings. The summed E-state index contributed by atoms with van der Waals surface area (Å²) < 4.78 is 44.0. The Balaban J connectivity index is 1.67. The summed E-state index contributed by atoms with van der Waals surface area (Å²) in [6.07, 6.45) is 2.62. The molecule has 4 aromatic rings. The average molecular weight is 563 g/mol. The number of nitrogens with zero attached hydrogens (tertiary/aromatic N) is 2. The number of rotatable bonds is 8. The quantitative estimate of drug-likeness (QED) is 0.253. The smallest absolute Gasteiger partial charge is 0.215 e. The highest BCUT2D eigenvalue weighted by Crippen LogP contribution is 2.41. The maximum absolute atomic E-state index is 14.7. The predicted molar refractivity (Wildman–Crippen MR) is 142 cm³/mol. The van der Waals surface area contributed by atoms with E-state index in [1.807, 2.05) is 0 Å². The number of sulfonamides is 1. The number of aromatic nitrogens is 2. The second kappa shape index (κ2) is 9.57. The van der Waals surface area contributed by atoms with Gasteiger partial charge in [-0.05, 0) is 73.2 Å². The molecule has 3 aromatic heterocycles. The van der Waals surface area contributed by atoms with Crippen molar-refractivity contribution in [3.63, 3.8) is 0 Å². The fraction of sp³-hybridized carbons (Fsp3) is 0.280. The Morgan fingerprint density at radius 2 is 2.03 bits per heavy atom. The van der Waals surface area contributed by atoms with E-state index in [-0.39, 0.29) is 16.5 Å². The summed E-state index contributed by atoms with van der Waals surface area (Å²) in [5.74, 6) is -0.331. The summed E-state index contributed by atoms with van der Waals surface area (Å²) in [7, 11) is -3.67.